The number of methoxy groups -OCH3 is 1. The van der Waals surface area contributed by atoms with Gasteiger partial charge in [-0.25, -0.2) is 0 Å². The maximum Gasteiger partial charge on any atom is 0.124 e. The summed E-state index contributed by atoms with van der Waals surface area (Å²) in [6.45, 7) is 4.46. The highest BCUT2D eigenvalue weighted by Gasteiger charge is 2.06. The SMILES string of the molecule is CCCOCCOCc1cc(C(N)=S)ccc1OC. The molecule has 0 atom stereocenters. The number of hydrogen-bond donors (Lipinski definition) is 1. The third-order valence-electron chi connectivity index (χ3n) is 2.54. The van der Waals surface area contributed by atoms with E-state index >= 15 is 0 Å². The van der Waals surface area contributed by atoms with Crippen LogP contribution < -0.4 is 10.5 Å². The van der Waals surface area contributed by atoms with E-state index in [0.717, 1.165) is 29.9 Å². The fraction of sp³-hybridized carbons (Fsp3) is 0.500. The van der Waals surface area contributed by atoms with E-state index in [2.05, 4.69) is 6.92 Å². The number of rotatable bonds is 9. The van der Waals surface area contributed by atoms with E-state index in [9.17, 15) is 0 Å². The fourth-order valence-electron chi connectivity index (χ4n) is 1.59. The van der Waals surface area contributed by atoms with Crippen molar-refractivity contribution < 1.29 is 14.2 Å². The van der Waals surface area contributed by atoms with Gasteiger partial charge >= 0.3 is 0 Å². The lowest BCUT2D eigenvalue weighted by atomic mass is 10.1. The first-order chi connectivity index (χ1) is 9.19. The number of hydrogen-bond acceptors (Lipinski definition) is 4. The smallest absolute Gasteiger partial charge is 0.124 e. The van der Waals surface area contributed by atoms with E-state index in [-0.39, 0.29) is 0 Å². The van der Waals surface area contributed by atoms with Gasteiger partial charge in [0.2, 0.25) is 0 Å². The van der Waals surface area contributed by atoms with Gasteiger partial charge in [0.25, 0.3) is 0 Å². The molecule has 0 saturated heterocycles. The third-order valence-corrected chi connectivity index (χ3v) is 2.78. The summed E-state index contributed by atoms with van der Waals surface area (Å²) in [5.41, 5.74) is 7.36. The molecule has 5 heteroatoms. The quantitative estimate of drug-likeness (QED) is 0.556. The Morgan fingerprint density at radius 3 is 2.58 bits per heavy atom. The fourth-order valence-corrected chi connectivity index (χ4v) is 1.72. The molecule has 1 aromatic rings. The lowest BCUT2D eigenvalue weighted by molar-refractivity contribution is 0.0402. The standard InChI is InChI=1S/C14H21NO3S/c1-3-6-17-7-8-18-10-12-9-11(14(15)19)4-5-13(12)16-2/h4-5,9H,3,6-8,10H2,1-2H3,(H2,15,19). The Morgan fingerprint density at radius 2 is 1.95 bits per heavy atom. The summed E-state index contributed by atoms with van der Waals surface area (Å²) in [6.07, 6.45) is 1.02. The molecular weight excluding hydrogens is 262 g/mol. The minimum absolute atomic E-state index is 0.371. The van der Waals surface area contributed by atoms with Crippen LogP contribution in [0.4, 0.5) is 0 Å². The van der Waals surface area contributed by atoms with Gasteiger partial charge in [-0.15, -0.1) is 0 Å². The van der Waals surface area contributed by atoms with Crippen molar-refractivity contribution in [3.8, 4) is 5.75 Å². The summed E-state index contributed by atoms with van der Waals surface area (Å²) >= 11 is 4.96. The van der Waals surface area contributed by atoms with Gasteiger partial charge in [-0.3, -0.25) is 0 Å². The highest BCUT2D eigenvalue weighted by atomic mass is 32.1. The van der Waals surface area contributed by atoms with Gasteiger partial charge in [-0.05, 0) is 24.6 Å². The predicted octanol–water partition coefficient (Wildman–Crippen LogP) is 2.27. The topological polar surface area (TPSA) is 53.7 Å². The zero-order valence-electron chi connectivity index (χ0n) is 11.5. The monoisotopic (exact) mass is 283 g/mol. The molecule has 0 aliphatic carbocycles. The molecule has 0 unspecified atom stereocenters. The Morgan fingerprint density at radius 1 is 1.21 bits per heavy atom. The first kappa shape index (κ1) is 15.9. The maximum absolute atomic E-state index is 5.61. The molecule has 19 heavy (non-hydrogen) atoms. The number of thiocarbonyl (C=S) groups is 1. The van der Waals surface area contributed by atoms with Crippen LogP contribution in [0.5, 0.6) is 5.75 Å². The molecule has 0 bridgehead atoms. The van der Waals surface area contributed by atoms with Gasteiger partial charge in [-0.1, -0.05) is 19.1 Å². The van der Waals surface area contributed by atoms with Gasteiger partial charge in [0.05, 0.1) is 26.9 Å². The van der Waals surface area contributed by atoms with Crippen molar-refractivity contribution in [2.24, 2.45) is 5.73 Å². The molecule has 4 nitrogen and oxygen atoms in total. The van der Waals surface area contributed by atoms with E-state index in [1.807, 2.05) is 18.2 Å². The van der Waals surface area contributed by atoms with Crippen LogP contribution in [-0.2, 0) is 16.1 Å². The summed E-state index contributed by atoms with van der Waals surface area (Å²) < 4.78 is 16.2. The van der Waals surface area contributed by atoms with Gasteiger partial charge < -0.3 is 19.9 Å². The van der Waals surface area contributed by atoms with Crippen LogP contribution in [0, 0.1) is 0 Å². The normalized spacial score (nSPS) is 10.4. The van der Waals surface area contributed by atoms with E-state index in [1.54, 1.807) is 7.11 Å². The summed E-state index contributed by atoms with van der Waals surface area (Å²) in [4.78, 5) is 0.371. The lowest BCUT2D eigenvalue weighted by Gasteiger charge is -2.11. The van der Waals surface area contributed by atoms with Crippen molar-refractivity contribution in [1.29, 1.82) is 0 Å². The molecule has 0 aliphatic rings. The molecule has 0 aliphatic heterocycles. The first-order valence-corrected chi connectivity index (χ1v) is 6.72. The minimum Gasteiger partial charge on any atom is -0.496 e. The molecule has 0 fully saturated rings. The predicted molar refractivity (Wildman–Crippen MR) is 79.6 cm³/mol. The number of nitrogens with two attached hydrogens (primary N) is 1. The van der Waals surface area contributed by atoms with Crippen LogP contribution in [0.1, 0.15) is 24.5 Å². The van der Waals surface area contributed by atoms with Crippen molar-refractivity contribution in [2.45, 2.75) is 20.0 Å². The molecule has 2 N–H and O–H groups in total. The van der Waals surface area contributed by atoms with Crippen LogP contribution in [-0.4, -0.2) is 31.9 Å². The van der Waals surface area contributed by atoms with Crippen molar-refractivity contribution in [1.82, 2.24) is 0 Å². The van der Waals surface area contributed by atoms with Gasteiger partial charge in [0, 0.05) is 17.7 Å². The molecular formula is C14H21NO3S. The molecule has 106 valence electrons. The van der Waals surface area contributed by atoms with Gasteiger partial charge in [0.1, 0.15) is 10.7 Å². The molecule has 1 aromatic carbocycles. The molecule has 0 aromatic heterocycles. The molecule has 1 rings (SSSR count). The Kier molecular flexibility index (Phi) is 7.40. The van der Waals surface area contributed by atoms with Crippen molar-refractivity contribution >= 4 is 17.2 Å². The molecule has 0 spiro atoms. The average molecular weight is 283 g/mol. The molecule has 0 amide bonds. The van der Waals surface area contributed by atoms with E-state index in [0.29, 0.717) is 24.8 Å². The van der Waals surface area contributed by atoms with Crippen LogP contribution in [0.2, 0.25) is 0 Å². The Labute approximate surface area is 119 Å². The zero-order chi connectivity index (χ0) is 14.1. The largest absolute Gasteiger partial charge is 0.496 e. The molecule has 0 saturated carbocycles. The van der Waals surface area contributed by atoms with Gasteiger partial charge in [0.15, 0.2) is 0 Å². The first-order valence-electron chi connectivity index (χ1n) is 6.31. The number of ether oxygens (including phenoxy) is 3. The van der Waals surface area contributed by atoms with Crippen LogP contribution in [0.15, 0.2) is 18.2 Å². The maximum atomic E-state index is 5.61. The Bertz CT molecular complexity index is 410. The van der Waals surface area contributed by atoms with Crippen LogP contribution in [0.3, 0.4) is 0 Å². The van der Waals surface area contributed by atoms with Crippen molar-refractivity contribution in [3.05, 3.63) is 29.3 Å². The summed E-state index contributed by atoms with van der Waals surface area (Å²) in [5.74, 6) is 0.773. The molecule has 0 heterocycles. The lowest BCUT2D eigenvalue weighted by Crippen LogP contribution is -2.11. The van der Waals surface area contributed by atoms with Crippen molar-refractivity contribution in [2.75, 3.05) is 26.9 Å². The summed E-state index contributed by atoms with van der Waals surface area (Å²) in [7, 11) is 1.63. The Balaban J connectivity index is 2.50. The summed E-state index contributed by atoms with van der Waals surface area (Å²) in [6, 6.07) is 5.59. The second kappa shape index (κ2) is 8.85. The minimum atomic E-state index is 0.371. The second-order valence-corrected chi connectivity index (χ2v) is 4.50. The van der Waals surface area contributed by atoms with Crippen LogP contribution >= 0.6 is 12.2 Å². The van der Waals surface area contributed by atoms with E-state index in [1.165, 1.54) is 0 Å². The Hall–Kier alpha value is -1.17. The average Bonchev–Trinajstić information content (AvgIpc) is 2.42. The number of benzene rings is 1. The highest BCUT2D eigenvalue weighted by Crippen LogP contribution is 2.20. The third kappa shape index (κ3) is 5.55. The van der Waals surface area contributed by atoms with E-state index in [4.69, 9.17) is 32.2 Å². The van der Waals surface area contributed by atoms with E-state index < -0.39 is 0 Å². The second-order valence-electron chi connectivity index (χ2n) is 4.06. The summed E-state index contributed by atoms with van der Waals surface area (Å²) in [5, 5.41) is 0. The zero-order valence-corrected chi connectivity index (χ0v) is 12.3. The highest BCUT2D eigenvalue weighted by molar-refractivity contribution is 7.80. The van der Waals surface area contributed by atoms with Crippen LogP contribution in [0.25, 0.3) is 0 Å². The van der Waals surface area contributed by atoms with Gasteiger partial charge in [-0.2, -0.15) is 0 Å². The molecule has 0 radical (unpaired) electrons. The van der Waals surface area contributed by atoms with Crippen molar-refractivity contribution in [3.63, 3.8) is 0 Å².